The van der Waals surface area contributed by atoms with Gasteiger partial charge in [0.05, 0.1) is 11.1 Å². The Labute approximate surface area is 106 Å². The number of ether oxygens (including phenoxy) is 1. The first kappa shape index (κ1) is 13.6. The zero-order valence-electron chi connectivity index (χ0n) is 9.41. The summed E-state index contributed by atoms with van der Waals surface area (Å²) < 4.78 is 5.51. The zero-order valence-corrected chi connectivity index (χ0v) is 10.9. The lowest BCUT2D eigenvalue weighted by Gasteiger charge is -2.17. The summed E-state index contributed by atoms with van der Waals surface area (Å²) in [6.07, 6.45) is 0. The van der Waals surface area contributed by atoms with Gasteiger partial charge in [-0.25, -0.2) is 0 Å². The molecule has 3 nitrogen and oxygen atoms in total. The van der Waals surface area contributed by atoms with Gasteiger partial charge >= 0.3 is 0 Å². The Bertz CT molecular complexity index is 345. The molecule has 0 heterocycles. The molecular formula is C11H16Cl2N2O. The largest absolute Gasteiger partial charge is 0.490 e. The van der Waals surface area contributed by atoms with Crippen LogP contribution < -0.4 is 10.5 Å². The van der Waals surface area contributed by atoms with Gasteiger partial charge in [-0.3, -0.25) is 0 Å². The van der Waals surface area contributed by atoms with Crippen LogP contribution in [0.25, 0.3) is 0 Å². The van der Waals surface area contributed by atoms with Gasteiger partial charge in [0.1, 0.15) is 17.4 Å². The van der Waals surface area contributed by atoms with Crippen LogP contribution in [0.3, 0.4) is 0 Å². The molecule has 90 valence electrons. The Morgan fingerprint density at radius 2 is 2.06 bits per heavy atom. The van der Waals surface area contributed by atoms with Crippen LogP contribution in [-0.2, 0) is 0 Å². The average Bonchev–Trinajstić information content (AvgIpc) is 2.19. The summed E-state index contributed by atoms with van der Waals surface area (Å²) >= 11 is 11.8. The predicted octanol–water partition coefficient (Wildman–Crippen LogP) is 2.26. The molecule has 16 heavy (non-hydrogen) atoms. The summed E-state index contributed by atoms with van der Waals surface area (Å²) in [5.74, 6) is 0.573. The number of likely N-dealkylation sites (N-methyl/N-ethyl adjacent to an activating group) is 1. The van der Waals surface area contributed by atoms with Gasteiger partial charge in [-0.1, -0.05) is 29.3 Å². The molecule has 0 saturated carbocycles. The van der Waals surface area contributed by atoms with Crippen LogP contribution in [0.15, 0.2) is 18.2 Å². The van der Waals surface area contributed by atoms with Crippen molar-refractivity contribution in [2.45, 2.75) is 6.04 Å². The van der Waals surface area contributed by atoms with Gasteiger partial charge in [-0.2, -0.15) is 0 Å². The first-order valence-corrected chi connectivity index (χ1v) is 5.73. The van der Waals surface area contributed by atoms with E-state index in [0.717, 1.165) is 6.54 Å². The Balaban J connectivity index is 2.51. The number of benzene rings is 1. The summed E-state index contributed by atoms with van der Waals surface area (Å²) in [5.41, 5.74) is 5.87. The molecule has 0 amide bonds. The number of hydrogen-bond donors (Lipinski definition) is 1. The van der Waals surface area contributed by atoms with Crippen molar-refractivity contribution in [3.63, 3.8) is 0 Å². The van der Waals surface area contributed by atoms with Crippen LogP contribution in [0, 0.1) is 0 Å². The van der Waals surface area contributed by atoms with E-state index in [1.807, 2.05) is 19.0 Å². The molecule has 0 saturated heterocycles. The summed E-state index contributed by atoms with van der Waals surface area (Å²) in [4.78, 5) is 2.01. The van der Waals surface area contributed by atoms with Crippen molar-refractivity contribution in [2.75, 3.05) is 27.2 Å². The van der Waals surface area contributed by atoms with Gasteiger partial charge in [-0.15, -0.1) is 0 Å². The van der Waals surface area contributed by atoms with Gasteiger partial charge in [0, 0.05) is 6.54 Å². The number of nitrogens with two attached hydrogens (primary N) is 1. The van der Waals surface area contributed by atoms with Crippen molar-refractivity contribution in [1.29, 1.82) is 0 Å². The van der Waals surface area contributed by atoms with Crippen molar-refractivity contribution in [1.82, 2.24) is 4.90 Å². The first-order valence-electron chi connectivity index (χ1n) is 4.98. The highest BCUT2D eigenvalue weighted by atomic mass is 35.5. The third kappa shape index (κ3) is 4.18. The van der Waals surface area contributed by atoms with E-state index in [4.69, 9.17) is 33.7 Å². The highest BCUT2D eigenvalue weighted by Crippen LogP contribution is 2.31. The lowest BCUT2D eigenvalue weighted by Crippen LogP contribution is -2.37. The maximum Gasteiger partial charge on any atom is 0.139 e. The molecule has 0 aliphatic heterocycles. The second kappa shape index (κ2) is 6.30. The minimum atomic E-state index is -0.0509. The maximum atomic E-state index is 5.97. The molecule has 0 spiro atoms. The van der Waals surface area contributed by atoms with Gasteiger partial charge in [0.2, 0.25) is 0 Å². The smallest absolute Gasteiger partial charge is 0.139 e. The normalized spacial score (nSPS) is 12.9. The van der Waals surface area contributed by atoms with Crippen LogP contribution in [0.4, 0.5) is 0 Å². The molecule has 0 fully saturated rings. The van der Waals surface area contributed by atoms with Crippen LogP contribution in [0.1, 0.15) is 0 Å². The van der Waals surface area contributed by atoms with Gasteiger partial charge in [0.15, 0.2) is 0 Å². The van der Waals surface area contributed by atoms with Crippen LogP contribution in [0.5, 0.6) is 5.75 Å². The molecule has 1 aromatic carbocycles. The second-order valence-corrected chi connectivity index (χ2v) is 4.67. The number of rotatable bonds is 5. The molecule has 0 radical (unpaired) electrons. The summed E-state index contributed by atoms with van der Waals surface area (Å²) in [5, 5.41) is 0.918. The molecule has 1 rings (SSSR count). The van der Waals surface area contributed by atoms with Gasteiger partial charge < -0.3 is 15.4 Å². The van der Waals surface area contributed by atoms with Crippen molar-refractivity contribution in [3.05, 3.63) is 28.2 Å². The lowest BCUT2D eigenvalue weighted by atomic mass is 10.3. The Hall–Kier alpha value is -0.480. The molecule has 0 bridgehead atoms. The number of halogens is 2. The molecule has 5 heteroatoms. The summed E-state index contributed by atoms with van der Waals surface area (Å²) in [6, 6.07) is 5.23. The quantitative estimate of drug-likeness (QED) is 0.885. The second-order valence-electron chi connectivity index (χ2n) is 3.89. The number of hydrogen-bond acceptors (Lipinski definition) is 3. The molecule has 0 aliphatic rings. The molecular weight excluding hydrogens is 247 g/mol. The fourth-order valence-corrected chi connectivity index (χ4v) is 1.66. The van der Waals surface area contributed by atoms with Crippen LogP contribution >= 0.6 is 23.2 Å². The molecule has 2 N–H and O–H groups in total. The fourth-order valence-electron chi connectivity index (χ4n) is 1.31. The maximum absolute atomic E-state index is 5.97. The molecule has 1 atom stereocenters. The highest BCUT2D eigenvalue weighted by molar-refractivity contribution is 6.42. The van der Waals surface area contributed by atoms with Crippen molar-refractivity contribution >= 4 is 23.2 Å². The summed E-state index contributed by atoms with van der Waals surface area (Å²) in [6.45, 7) is 1.18. The highest BCUT2D eigenvalue weighted by Gasteiger charge is 2.08. The monoisotopic (exact) mass is 262 g/mol. The van der Waals surface area contributed by atoms with E-state index in [-0.39, 0.29) is 6.04 Å². The van der Waals surface area contributed by atoms with E-state index in [0.29, 0.717) is 22.4 Å². The van der Waals surface area contributed by atoms with E-state index in [9.17, 15) is 0 Å². The molecule has 0 aromatic heterocycles. The Kier molecular flexibility index (Phi) is 5.35. The van der Waals surface area contributed by atoms with E-state index in [2.05, 4.69) is 0 Å². The van der Waals surface area contributed by atoms with Gasteiger partial charge in [0.25, 0.3) is 0 Å². The van der Waals surface area contributed by atoms with Crippen molar-refractivity contribution in [2.24, 2.45) is 5.73 Å². The zero-order chi connectivity index (χ0) is 12.1. The number of nitrogens with zero attached hydrogens (tertiary/aromatic N) is 1. The predicted molar refractivity (Wildman–Crippen MR) is 68.5 cm³/mol. The minimum Gasteiger partial charge on any atom is -0.490 e. The molecule has 0 aliphatic carbocycles. The summed E-state index contributed by atoms with van der Waals surface area (Å²) in [7, 11) is 3.93. The topological polar surface area (TPSA) is 38.5 Å². The average molecular weight is 263 g/mol. The van der Waals surface area contributed by atoms with Crippen LogP contribution in [-0.4, -0.2) is 38.2 Å². The molecule has 1 unspecified atom stereocenters. The fraction of sp³-hybridized carbons (Fsp3) is 0.455. The van der Waals surface area contributed by atoms with E-state index >= 15 is 0 Å². The van der Waals surface area contributed by atoms with E-state index in [1.54, 1.807) is 18.2 Å². The Morgan fingerprint density at radius 3 is 2.69 bits per heavy atom. The first-order chi connectivity index (χ1) is 7.50. The third-order valence-corrected chi connectivity index (χ3v) is 2.77. The lowest BCUT2D eigenvalue weighted by molar-refractivity contribution is 0.254. The van der Waals surface area contributed by atoms with E-state index in [1.165, 1.54) is 0 Å². The third-order valence-electron chi connectivity index (χ3n) is 1.97. The van der Waals surface area contributed by atoms with Crippen LogP contribution in [0.2, 0.25) is 10.0 Å². The minimum absolute atomic E-state index is 0.0509. The Morgan fingerprint density at radius 1 is 1.38 bits per heavy atom. The van der Waals surface area contributed by atoms with Crippen molar-refractivity contribution < 1.29 is 4.74 Å². The van der Waals surface area contributed by atoms with E-state index < -0.39 is 0 Å². The SMILES string of the molecule is CN(C)CC(N)COc1cccc(Cl)c1Cl. The van der Waals surface area contributed by atoms with Gasteiger partial charge in [-0.05, 0) is 26.2 Å². The standard InChI is InChI=1S/C11H16Cl2N2O/c1-15(2)6-8(14)7-16-10-5-3-4-9(12)11(10)13/h3-5,8H,6-7,14H2,1-2H3. The van der Waals surface area contributed by atoms with Crippen molar-refractivity contribution in [3.8, 4) is 5.75 Å². The molecule has 1 aromatic rings.